The fraction of sp³-hybridized carbons (Fsp3) is 0.706. The number of amides is 2. The second kappa shape index (κ2) is 8.28. The van der Waals surface area contributed by atoms with E-state index in [-0.39, 0.29) is 23.8 Å². The predicted molar refractivity (Wildman–Crippen MR) is 90.0 cm³/mol. The van der Waals surface area contributed by atoms with Gasteiger partial charge >= 0.3 is 0 Å². The molecule has 1 aliphatic carbocycles. The summed E-state index contributed by atoms with van der Waals surface area (Å²) >= 11 is 0. The number of aromatic amines is 1. The van der Waals surface area contributed by atoms with E-state index in [1.807, 2.05) is 6.07 Å². The lowest BCUT2D eigenvalue weighted by molar-refractivity contribution is -0.126. The average Bonchev–Trinajstić information content (AvgIpc) is 3.27. The second-order valence-electron chi connectivity index (χ2n) is 6.90. The molecule has 0 atom stereocenters. The molecule has 1 aliphatic heterocycles. The van der Waals surface area contributed by atoms with Crippen molar-refractivity contribution in [1.82, 2.24) is 25.7 Å². The Morgan fingerprint density at radius 1 is 1.21 bits per heavy atom. The van der Waals surface area contributed by atoms with Crippen LogP contribution in [0.5, 0.6) is 0 Å². The van der Waals surface area contributed by atoms with Crippen LogP contribution in [-0.2, 0) is 16.1 Å². The van der Waals surface area contributed by atoms with Gasteiger partial charge in [-0.1, -0.05) is 0 Å². The van der Waals surface area contributed by atoms with E-state index in [4.69, 9.17) is 0 Å². The van der Waals surface area contributed by atoms with Gasteiger partial charge in [0.05, 0.1) is 18.8 Å². The molecule has 1 saturated carbocycles. The van der Waals surface area contributed by atoms with Crippen LogP contribution in [0.3, 0.4) is 0 Å². The van der Waals surface area contributed by atoms with E-state index in [0.29, 0.717) is 13.1 Å². The van der Waals surface area contributed by atoms with Crippen molar-refractivity contribution >= 4 is 11.8 Å². The predicted octanol–water partition coefficient (Wildman–Crippen LogP) is 0.797. The summed E-state index contributed by atoms with van der Waals surface area (Å²) in [7, 11) is 0. The number of H-pyrrole nitrogens is 1. The fourth-order valence-corrected chi connectivity index (χ4v) is 3.63. The van der Waals surface area contributed by atoms with Crippen LogP contribution in [0.4, 0.5) is 0 Å². The number of carbonyl (C=O) groups excluding carboxylic acids is 2. The Hall–Kier alpha value is -1.89. The number of nitrogens with one attached hydrogen (secondary N) is 3. The molecule has 0 bridgehead atoms. The Balaban J connectivity index is 1.34. The van der Waals surface area contributed by atoms with Gasteiger partial charge in [-0.3, -0.25) is 19.6 Å². The third-order valence-corrected chi connectivity index (χ3v) is 5.04. The lowest BCUT2D eigenvalue weighted by Crippen LogP contribution is -2.44. The lowest BCUT2D eigenvalue weighted by Gasteiger charge is -2.29. The van der Waals surface area contributed by atoms with Crippen molar-refractivity contribution in [3.63, 3.8) is 0 Å². The highest BCUT2D eigenvalue weighted by atomic mass is 16.2. The monoisotopic (exact) mass is 333 g/mol. The van der Waals surface area contributed by atoms with Crippen molar-refractivity contribution in [2.75, 3.05) is 19.6 Å². The molecule has 3 rings (SSSR count). The number of aromatic nitrogens is 2. The van der Waals surface area contributed by atoms with Gasteiger partial charge < -0.3 is 10.6 Å². The molecular weight excluding hydrogens is 306 g/mol. The minimum atomic E-state index is 0.0552. The SMILES string of the molecule is O=C(CN1CCCC1)NC1CCC(C(=O)NCc2ccn[nH]2)CC1. The van der Waals surface area contributed by atoms with Gasteiger partial charge in [-0.15, -0.1) is 0 Å². The van der Waals surface area contributed by atoms with Gasteiger partial charge in [0, 0.05) is 18.2 Å². The topological polar surface area (TPSA) is 90.1 Å². The van der Waals surface area contributed by atoms with Gasteiger partial charge in [0.1, 0.15) is 0 Å². The van der Waals surface area contributed by atoms with Crippen LogP contribution in [-0.4, -0.2) is 52.6 Å². The van der Waals surface area contributed by atoms with Crippen molar-refractivity contribution in [1.29, 1.82) is 0 Å². The molecule has 3 N–H and O–H groups in total. The first-order chi connectivity index (χ1) is 11.7. The highest BCUT2D eigenvalue weighted by Crippen LogP contribution is 2.24. The summed E-state index contributed by atoms with van der Waals surface area (Å²) in [5, 5.41) is 12.8. The van der Waals surface area contributed by atoms with E-state index in [1.165, 1.54) is 12.8 Å². The zero-order valence-electron chi connectivity index (χ0n) is 14.1. The molecule has 132 valence electrons. The number of rotatable bonds is 6. The van der Waals surface area contributed by atoms with Gasteiger partial charge in [0.15, 0.2) is 0 Å². The van der Waals surface area contributed by atoms with E-state index in [1.54, 1.807) is 6.20 Å². The van der Waals surface area contributed by atoms with Crippen LogP contribution in [0.1, 0.15) is 44.2 Å². The molecule has 0 unspecified atom stereocenters. The summed E-state index contributed by atoms with van der Waals surface area (Å²) in [6.07, 6.45) is 7.52. The van der Waals surface area contributed by atoms with Crippen LogP contribution in [0, 0.1) is 5.92 Å². The molecule has 2 heterocycles. The molecule has 2 amide bonds. The number of likely N-dealkylation sites (tertiary alicyclic amines) is 1. The maximum Gasteiger partial charge on any atom is 0.234 e. The molecule has 7 nitrogen and oxygen atoms in total. The van der Waals surface area contributed by atoms with Crippen LogP contribution >= 0.6 is 0 Å². The fourth-order valence-electron chi connectivity index (χ4n) is 3.63. The Kier molecular flexibility index (Phi) is 5.85. The quantitative estimate of drug-likeness (QED) is 0.718. The average molecular weight is 333 g/mol. The van der Waals surface area contributed by atoms with Crippen LogP contribution in [0.25, 0.3) is 0 Å². The first kappa shape index (κ1) is 17.0. The number of nitrogens with zero attached hydrogens (tertiary/aromatic N) is 2. The van der Waals surface area contributed by atoms with Gasteiger partial charge in [0.25, 0.3) is 0 Å². The molecule has 1 aromatic rings. The number of hydrogen-bond acceptors (Lipinski definition) is 4. The molecule has 0 spiro atoms. The van der Waals surface area contributed by atoms with Gasteiger partial charge in [-0.2, -0.15) is 5.10 Å². The van der Waals surface area contributed by atoms with Gasteiger partial charge in [-0.25, -0.2) is 0 Å². The molecule has 2 aliphatic rings. The first-order valence-electron chi connectivity index (χ1n) is 8.98. The standard InChI is InChI=1S/C17H27N5O2/c23-16(12-22-9-1-2-10-22)20-14-5-3-13(4-6-14)17(24)18-11-15-7-8-19-21-15/h7-8,13-14H,1-6,9-12H2,(H,18,24)(H,19,21)(H,20,23). The maximum atomic E-state index is 12.2. The molecule has 24 heavy (non-hydrogen) atoms. The van der Waals surface area contributed by atoms with Crippen molar-refractivity contribution < 1.29 is 9.59 Å². The summed E-state index contributed by atoms with van der Waals surface area (Å²) in [6, 6.07) is 2.07. The summed E-state index contributed by atoms with van der Waals surface area (Å²) in [5.74, 6) is 0.287. The lowest BCUT2D eigenvalue weighted by atomic mass is 9.85. The highest BCUT2D eigenvalue weighted by molar-refractivity contribution is 5.79. The van der Waals surface area contributed by atoms with Gasteiger partial charge in [0.2, 0.25) is 11.8 Å². The van der Waals surface area contributed by atoms with Crippen LogP contribution < -0.4 is 10.6 Å². The number of hydrogen-bond donors (Lipinski definition) is 3. The molecule has 0 radical (unpaired) electrons. The van der Waals surface area contributed by atoms with Crippen LogP contribution in [0.15, 0.2) is 12.3 Å². The number of carbonyl (C=O) groups is 2. The maximum absolute atomic E-state index is 12.2. The Morgan fingerprint density at radius 3 is 2.62 bits per heavy atom. The highest BCUT2D eigenvalue weighted by Gasteiger charge is 2.27. The minimum absolute atomic E-state index is 0.0552. The summed E-state index contributed by atoms with van der Waals surface area (Å²) in [4.78, 5) is 26.5. The van der Waals surface area contributed by atoms with Crippen molar-refractivity contribution in [3.05, 3.63) is 18.0 Å². The van der Waals surface area contributed by atoms with Crippen molar-refractivity contribution in [2.45, 2.75) is 51.1 Å². The van der Waals surface area contributed by atoms with E-state index in [9.17, 15) is 9.59 Å². The van der Waals surface area contributed by atoms with Gasteiger partial charge in [-0.05, 0) is 57.7 Å². The van der Waals surface area contributed by atoms with Crippen molar-refractivity contribution in [2.24, 2.45) is 5.92 Å². The largest absolute Gasteiger partial charge is 0.352 e. The van der Waals surface area contributed by atoms with Crippen LogP contribution in [0.2, 0.25) is 0 Å². The molecule has 7 heteroatoms. The minimum Gasteiger partial charge on any atom is -0.352 e. The third kappa shape index (κ3) is 4.80. The molecule has 0 aromatic carbocycles. The molecule has 1 aromatic heterocycles. The Morgan fingerprint density at radius 2 is 1.96 bits per heavy atom. The second-order valence-corrected chi connectivity index (χ2v) is 6.90. The van der Waals surface area contributed by atoms with Crippen molar-refractivity contribution in [3.8, 4) is 0 Å². The third-order valence-electron chi connectivity index (χ3n) is 5.04. The summed E-state index contributed by atoms with van der Waals surface area (Å²) in [6.45, 7) is 3.09. The molecule has 1 saturated heterocycles. The Bertz CT molecular complexity index is 531. The zero-order chi connectivity index (χ0) is 16.8. The zero-order valence-corrected chi connectivity index (χ0v) is 14.1. The summed E-state index contributed by atoms with van der Waals surface area (Å²) < 4.78 is 0. The Labute approximate surface area is 142 Å². The normalized spacial score (nSPS) is 24.7. The molecule has 2 fully saturated rings. The van der Waals surface area contributed by atoms with E-state index in [2.05, 4.69) is 25.7 Å². The molecular formula is C17H27N5O2. The first-order valence-corrected chi connectivity index (χ1v) is 8.98. The smallest absolute Gasteiger partial charge is 0.234 e. The van der Waals surface area contributed by atoms with E-state index in [0.717, 1.165) is 44.5 Å². The van der Waals surface area contributed by atoms with E-state index < -0.39 is 0 Å². The summed E-state index contributed by atoms with van der Waals surface area (Å²) in [5.41, 5.74) is 0.909. The van der Waals surface area contributed by atoms with E-state index >= 15 is 0 Å².